The van der Waals surface area contributed by atoms with E-state index in [-0.39, 0.29) is 5.91 Å². The minimum atomic E-state index is -0.270. The highest BCUT2D eigenvalue weighted by Crippen LogP contribution is 2.12. The summed E-state index contributed by atoms with van der Waals surface area (Å²) in [4.78, 5) is 12.0. The summed E-state index contributed by atoms with van der Waals surface area (Å²) in [5.74, 6) is -0.270. The van der Waals surface area contributed by atoms with E-state index in [1.165, 1.54) is 12.8 Å². The van der Waals surface area contributed by atoms with Crippen LogP contribution in [-0.2, 0) is 6.54 Å². The lowest BCUT2D eigenvalue weighted by atomic mass is 10.2. The number of amides is 1. The Balaban J connectivity index is 2.01. The van der Waals surface area contributed by atoms with Crippen molar-refractivity contribution in [2.24, 2.45) is 5.10 Å². The molecule has 24 heavy (non-hydrogen) atoms. The number of rotatable bonds is 7. The molecule has 1 aromatic carbocycles. The van der Waals surface area contributed by atoms with Crippen molar-refractivity contribution >= 4 is 23.7 Å². The molecule has 0 bridgehead atoms. The van der Waals surface area contributed by atoms with Crippen LogP contribution in [0.25, 0.3) is 0 Å². The van der Waals surface area contributed by atoms with Gasteiger partial charge in [0.1, 0.15) is 0 Å². The number of hydrogen-bond donors (Lipinski definition) is 1. The normalized spacial score (nSPS) is 11.2. The first kappa shape index (κ1) is 18.2. The zero-order chi connectivity index (χ0) is 17.5. The summed E-state index contributed by atoms with van der Waals surface area (Å²) >= 11 is 5.81. The van der Waals surface area contributed by atoms with Crippen molar-refractivity contribution in [3.63, 3.8) is 0 Å². The Morgan fingerprint density at radius 2 is 2.00 bits per heavy atom. The molecule has 1 aromatic heterocycles. The molecule has 0 saturated carbocycles. The van der Waals surface area contributed by atoms with Gasteiger partial charge in [0.15, 0.2) is 0 Å². The number of unbranched alkanes of at least 4 members (excludes halogenated alkanes) is 2. The lowest BCUT2D eigenvalue weighted by Gasteiger charge is -2.03. The summed E-state index contributed by atoms with van der Waals surface area (Å²) < 4.78 is 2.01. The predicted molar refractivity (Wildman–Crippen MR) is 97.7 cm³/mol. The first-order chi connectivity index (χ1) is 11.5. The lowest BCUT2D eigenvalue weighted by molar-refractivity contribution is 0.0955. The van der Waals surface area contributed by atoms with Gasteiger partial charge in [0.25, 0.3) is 5.91 Å². The Morgan fingerprint density at radius 1 is 1.29 bits per heavy atom. The number of aryl methyl sites for hydroxylation is 2. The van der Waals surface area contributed by atoms with Gasteiger partial charge in [-0.25, -0.2) is 5.43 Å². The number of benzene rings is 1. The summed E-state index contributed by atoms with van der Waals surface area (Å²) in [5.41, 5.74) is 5.97. The monoisotopic (exact) mass is 346 g/mol. The Kier molecular flexibility index (Phi) is 6.55. The van der Waals surface area contributed by atoms with E-state index in [4.69, 9.17) is 11.6 Å². The number of nitrogens with zero attached hydrogens (tertiary/aromatic N) is 3. The molecule has 1 N–H and O–H groups in total. The average molecular weight is 347 g/mol. The third kappa shape index (κ3) is 4.68. The number of carbonyl (C=O) groups excluding carboxylic acids is 1. The highest BCUT2D eigenvalue weighted by Gasteiger charge is 2.09. The fourth-order valence-corrected chi connectivity index (χ4v) is 2.57. The zero-order valence-corrected chi connectivity index (χ0v) is 15.1. The van der Waals surface area contributed by atoms with Gasteiger partial charge in [-0.2, -0.15) is 10.2 Å². The van der Waals surface area contributed by atoms with Crippen molar-refractivity contribution in [3.8, 4) is 0 Å². The van der Waals surface area contributed by atoms with Gasteiger partial charge < -0.3 is 0 Å². The van der Waals surface area contributed by atoms with E-state index in [0.29, 0.717) is 10.6 Å². The molecular weight excluding hydrogens is 324 g/mol. The highest BCUT2D eigenvalue weighted by atomic mass is 35.5. The summed E-state index contributed by atoms with van der Waals surface area (Å²) in [5, 5.41) is 9.20. The number of nitrogens with one attached hydrogen (secondary N) is 1. The molecule has 128 valence electrons. The summed E-state index contributed by atoms with van der Waals surface area (Å²) in [6.45, 7) is 7.06. The molecule has 0 spiro atoms. The summed E-state index contributed by atoms with van der Waals surface area (Å²) in [6.07, 6.45) is 5.15. The van der Waals surface area contributed by atoms with E-state index >= 15 is 0 Å². The van der Waals surface area contributed by atoms with Crippen LogP contribution in [-0.4, -0.2) is 21.9 Å². The van der Waals surface area contributed by atoms with Crippen molar-refractivity contribution in [2.75, 3.05) is 0 Å². The molecular formula is C18H23ClN4O. The summed E-state index contributed by atoms with van der Waals surface area (Å²) in [7, 11) is 0. The van der Waals surface area contributed by atoms with Gasteiger partial charge in [0, 0.05) is 28.4 Å². The second-order valence-electron chi connectivity index (χ2n) is 5.72. The van der Waals surface area contributed by atoms with Crippen LogP contribution in [0.1, 0.15) is 53.5 Å². The van der Waals surface area contributed by atoms with Crippen LogP contribution in [0.3, 0.4) is 0 Å². The number of hydrogen-bond acceptors (Lipinski definition) is 3. The third-order valence-electron chi connectivity index (χ3n) is 3.88. The Hall–Kier alpha value is -2.14. The van der Waals surface area contributed by atoms with Crippen molar-refractivity contribution < 1.29 is 4.79 Å². The minimum absolute atomic E-state index is 0.270. The molecule has 0 fully saturated rings. The molecule has 5 nitrogen and oxygen atoms in total. The maximum Gasteiger partial charge on any atom is 0.271 e. The molecule has 0 atom stereocenters. The molecule has 6 heteroatoms. The lowest BCUT2D eigenvalue weighted by Crippen LogP contribution is -2.17. The van der Waals surface area contributed by atoms with Crippen molar-refractivity contribution in [1.82, 2.24) is 15.2 Å². The SMILES string of the molecule is CCCCCn1nc(C)c(/C=N\NC(=O)c2ccc(Cl)cc2)c1C. The van der Waals surface area contributed by atoms with Gasteiger partial charge in [-0.05, 0) is 44.5 Å². The number of hydrazone groups is 1. The van der Waals surface area contributed by atoms with E-state index in [1.807, 2.05) is 18.5 Å². The number of halogens is 1. The topological polar surface area (TPSA) is 59.3 Å². The summed E-state index contributed by atoms with van der Waals surface area (Å²) in [6, 6.07) is 6.68. The maximum atomic E-state index is 12.0. The van der Waals surface area contributed by atoms with E-state index in [2.05, 4.69) is 22.5 Å². The van der Waals surface area contributed by atoms with Crippen LogP contribution in [0.5, 0.6) is 0 Å². The number of aromatic nitrogens is 2. The zero-order valence-electron chi connectivity index (χ0n) is 14.3. The van der Waals surface area contributed by atoms with Crippen molar-refractivity contribution in [3.05, 3.63) is 51.8 Å². The van der Waals surface area contributed by atoms with Crippen LogP contribution >= 0.6 is 11.6 Å². The first-order valence-corrected chi connectivity index (χ1v) is 8.53. The second-order valence-corrected chi connectivity index (χ2v) is 6.16. The van der Waals surface area contributed by atoms with E-state index < -0.39 is 0 Å². The molecule has 0 aliphatic rings. The Bertz CT molecular complexity index is 719. The van der Waals surface area contributed by atoms with Crippen LogP contribution in [0, 0.1) is 13.8 Å². The van der Waals surface area contributed by atoms with Crippen LogP contribution in [0.4, 0.5) is 0 Å². The molecule has 0 aliphatic carbocycles. The van der Waals surface area contributed by atoms with E-state index in [9.17, 15) is 4.79 Å². The van der Waals surface area contributed by atoms with Gasteiger partial charge in [-0.15, -0.1) is 0 Å². The van der Waals surface area contributed by atoms with Crippen LogP contribution < -0.4 is 5.43 Å². The van der Waals surface area contributed by atoms with Gasteiger partial charge in [-0.3, -0.25) is 9.48 Å². The predicted octanol–water partition coefficient (Wildman–Crippen LogP) is 4.11. The fraction of sp³-hybridized carbons (Fsp3) is 0.389. The Morgan fingerprint density at radius 3 is 2.67 bits per heavy atom. The van der Waals surface area contributed by atoms with Gasteiger partial charge in [0.05, 0.1) is 11.9 Å². The first-order valence-electron chi connectivity index (χ1n) is 8.16. The second kappa shape index (κ2) is 8.64. The molecule has 0 aliphatic heterocycles. The van der Waals surface area contributed by atoms with Crippen LogP contribution in [0.15, 0.2) is 29.4 Å². The van der Waals surface area contributed by atoms with Gasteiger partial charge in [0.2, 0.25) is 0 Å². The van der Waals surface area contributed by atoms with Crippen molar-refractivity contribution in [2.45, 2.75) is 46.6 Å². The van der Waals surface area contributed by atoms with Gasteiger partial charge >= 0.3 is 0 Å². The van der Waals surface area contributed by atoms with Gasteiger partial charge in [-0.1, -0.05) is 31.4 Å². The van der Waals surface area contributed by atoms with E-state index in [0.717, 1.165) is 29.9 Å². The van der Waals surface area contributed by atoms with Crippen LogP contribution in [0.2, 0.25) is 5.02 Å². The van der Waals surface area contributed by atoms with E-state index in [1.54, 1.807) is 30.5 Å². The highest BCUT2D eigenvalue weighted by molar-refractivity contribution is 6.30. The maximum absolute atomic E-state index is 12.0. The molecule has 0 unspecified atom stereocenters. The quantitative estimate of drug-likeness (QED) is 0.466. The third-order valence-corrected chi connectivity index (χ3v) is 4.13. The minimum Gasteiger partial charge on any atom is -0.269 e. The largest absolute Gasteiger partial charge is 0.271 e. The van der Waals surface area contributed by atoms with Crippen molar-refractivity contribution in [1.29, 1.82) is 0 Å². The molecule has 0 saturated heterocycles. The smallest absolute Gasteiger partial charge is 0.269 e. The molecule has 2 rings (SSSR count). The molecule has 2 aromatic rings. The fourth-order valence-electron chi connectivity index (χ4n) is 2.45. The molecule has 1 amide bonds. The average Bonchev–Trinajstić information content (AvgIpc) is 2.83. The number of carbonyl (C=O) groups is 1. The Labute approximate surface area is 147 Å². The molecule has 1 heterocycles. The molecule has 0 radical (unpaired) electrons. The standard InChI is InChI=1S/C18H23ClN4O/c1-4-5-6-11-23-14(3)17(13(2)22-23)12-20-21-18(24)15-7-9-16(19)10-8-15/h7-10,12H,4-6,11H2,1-3H3,(H,21,24)/b20-12-.